The number of hydrogen-bond acceptors (Lipinski definition) is 3. The van der Waals surface area contributed by atoms with E-state index in [2.05, 4.69) is 84.5 Å². The number of aromatic nitrogens is 1. The molecule has 4 nitrogen and oxygen atoms in total. The molecule has 0 fully saturated rings. The van der Waals surface area contributed by atoms with Crippen LogP contribution in [0.4, 0.5) is 0 Å². The Bertz CT molecular complexity index is 786. The van der Waals surface area contributed by atoms with E-state index in [1.165, 1.54) is 57.1 Å². The van der Waals surface area contributed by atoms with Crippen molar-refractivity contribution in [3.63, 3.8) is 0 Å². The highest BCUT2D eigenvalue weighted by Crippen LogP contribution is 2.28. The smallest absolute Gasteiger partial charge is 0.130 e. The van der Waals surface area contributed by atoms with Gasteiger partial charge in [0.1, 0.15) is 11.7 Å². The van der Waals surface area contributed by atoms with Gasteiger partial charge < -0.3 is 10.2 Å². The van der Waals surface area contributed by atoms with E-state index < -0.39 is 0 Å². The lowest BCUT2D eigenvalue weighted by Gasteiger charge is -2.34. The first-order valence-electron chi connectivity index (χ1n) is 13.1. The number of halogens is 1. The lowest BCUT2D eigenvalue weighted by molar-refractivity contribution is 0.453. The summed E-state index contributed by atoms with van der Waals surface area (Å²) in [7, 11) is 2.02. The molecule has 0 aliphatic carbocycles. The first-order chi connectivity index (χ1) is 16.4. The summed E-state index contributed by atoms with van der Waals surface area (Å²) in [5.74, 6) is 3.42. The number of amidine groups is 1. The average molecular weight is 532 g/mol. The number of hydrogen-bond donors (Lipinski definition) is 1. The first kappa shape index (κ1) is 30.2. The van der Waals surface area contributed by atoms with Gasteiger partial charge in [0.25, 0.3) is 0 Å². The van der Waals surface area contributed by atoms with E-state index in [9.17, 15) is 0 Å². The number of pyridine rings is 1. The van der Waals surface area contributed by atoms with Crippen molar-refractivity contribution < 1.29 is 0 Å². The average Bonchev–Trinajstić information content (AvgIpc) is 2.84. The highest BCUT2D eigenvalue weighted by atomic mass is 79.9. The maximum atomic E-state index is 4.85. The number of rotatable bonds is 12. The van der Waals surface area contributed by atoms with Crippen molar-refractivity contribution in [2.75, 3.05) is 7.05 Å². The third kappa shape index (κ3) is 10.6. The normalized spacial score (nSPS) is 16.2. The fourth-order valence-electron chi connectivity index (χ4n) is 4.24. The van der Waals surface area contributed by atoms with Crippen molar-refractivity contribution in [2.24, 2.45) is 16.8 Å². The zero-order valence-corrected chi connectivity index (χ0v) is 24.0. The molecule has 0 unspecified atom stereocenters. The second kappa shape index (κ2) is 17.5. The van der Waals surface area contributed by atoms with Crippen molar-refractivity contribution >= 4 is 21.8 Å². The van der Waals surface area contributed by atoms with Gasteiger partial charge in [0, 0.05) is 31.2 Å². The van der Waals surface area contributed by atoms with Gasteiger partial charge in [-0.1, -0.05) is 91.9 Å². The zero-order chi connectivity index (χ0) is 25.3. The van der Waals surface area contributed by atoms with E-state index in [1.807, 2.05) is 25.4 Å². The molecule has 1 aliphatic rings. The number of allylic oxidation sites excluding steroid dienone is 3. The van der Waals surface area contributed by atoms with Gasteiger partial charge in [0.2, 0.25) is 0 Å². The van der Waals surface area contributed by atoms with Crippen molar-refractivity contribution in [1.82, 2.24) is 15.2 Å². The van der Waals surface area contributed by atoms with Crippen LogP contribution in [0.5, 0.6) is 0 Å². The molecule has 0 spiro atoms. The van der Waals surface area contributed by atoms with Gasteiger partial charge in [-0.3, -0.25) is 9.98 Å². The Hall–Kier alpha value is -1.88. The maximum absolute atomic E-state index is 4.85. The predicted molar refractivity (Wildman–Crippen MR) is 153 cm³/mol. The summed E-state index contributed by atoms with van der Waals surface area (Å²) in [6.45, 7) is 15.8. The Morgan fingerprint density at radius 3 is 2.24 bits per heavy atom. The summed E-state index contributed by atoms with van der Waals surface area (Å²) in [5, 5.41) is 3.61. The van der Waals surface area contributed by atoms with Gasteiger partial charge in [-0.2, -0.15) is 0 Å². The highest BCUT2D eigenvalue weighted by molar-refractivity contribution is 9.11. The standard InChI is InChI=1S/C21H29BrN4.C8H18/c1-5-9-17(10-6-2)19-13-20(24-15-16-11-8-12-23-14-16)26(4)21(25-19)18(22)7-3;1-4-6-8(3)7-5-2/h7-8,11-14,17,25H,3,5-6,9-10,15H2,1-2,4H3;8H,4-7H2,1-3H3/b21-18+,24-20?;. The monoisotopic (exact) mass is 530 g/mol. The summed E-state index contributed by atoms with van der Waals surface area (Å²) in [4.78, 5) is 11.1. The molecule has 1 aliphatic heterocycles. The second-order valence-corrected chi connectivity index (χ2v) is 10.0. The molecule has 2 heterocycles. The lowest BCUT2D eigenvalue weighted by atomic mass is 9.93. The fraction of sp³-hybridized carbons (Fsp3) is 0.586. The zero-order valence-electron chi connectivity index (χ0n) is 22.4. The summed E-state index contributed by atoms with van der Waals surface area (Å²) >= 11 is 3.62. The quantitative estimate of drug-likeness (QED) is 0.294. The molecule has 1 N–H and O–H groups in total. The molecule has 34 heavy (non-hydrogen) atoms. The summed E-state index contributed by atoms with van der Waals surface area (Å²) in [6, 6.07) is 4.00. The Morgan fingerprint density at radius 1 is 1.12 bits per heavy atom. The summed E-state index contributed by atoms with van der Waals surface area (Å²) in [6.07, 6.45) is 17.9. The first-order valence-corrected chi connectivity index (χ1v) is 13.9. The van der Waals surface area contributed by atoms with Gasteiger partial charge in [-0.05, 0) is 52.2 Å². The summed E-state index contributed by atoms with van der Waals surface area (Å²) in [5.41, 5.74) is 2.35. The van der Waals surface area contributed by atoms with E-state index in [4.69, 9.17) is 4.99 Å². The Kier molecular flexibility index (Phi) is 15.6. The molecular weight excluding hydrogens is 484 g/mol. The van der Waals surface area contributed by atoms with Crippen LogP contribution in [0.1, 0.15) is 91.5 Å². The van der Waals surface area contributed by atoms with Crippen molar-refractivity contribution in [3.8, 4) is 0 Å². The minimum absolute atomic E-state index is 0.516. The Labute approximate surface area is 217 Å². The molecule has 0 saturated carbocycles. The van der Waals surface area contributed by atoms with Crippen LogP contribution in [-0.2, 0) is 6.54 Å². The van der Waals surface area contributed by atoms with Gasteiger partial charge >= 0.3 is 0 Å². The van der Waals surface area contributed by atoms with E-state index in [0.29, 0.717) is 12.5 Å². The number of nitrogens with one attached hydrogen (secondary N) is 1. The van der Waals surface area contributed by atoms with Crippen LogP contribution in [0.25, 0.3) is 0 Å². The molecule has 2 rings (SSSR count). The van der Waals surface area contributed by atoms with E-state index >= 15 is 0 Å². The second-order valence-electron chi connectivity index (χ2n) is 9.18. The molecule has 0 radical (unpaired) electrons. The van der Waals surface area contributed by atoms with Crippen molar-refractivity contribution in [3.05, 3.63) is 64.8 Å². The minimum atomic E-state index is 0.516. The Morgan fingerprint density at radius 2 is 1.74 bits per heavy atom. The topological polar surface area (TPSA) is 40.5 Å². The molecule has 1 aromatic heterocycles. The molecular formula is C29H47BrN4. The van der Waals surface area contributed by atoms with Crippen LogP contribution in [0, 0.1) is 11.8 Å². The molecule has 5 heteroatoms. The molecule has 1 aromatic rings. The van der Waals surface area contributed by atoms with Crippen LogP contribution in [0.2, 0.25) is 0 Å². The van der Waals surface area contributed by atoms with Crippen LogP contribution in [0.3, 0.4) is 0 Å². The van der Waals surface area contributed by atoms with Gasteiger partial charge in [0.05, 0.1) is 11.0 Å². The number of likely N-dealkylation sites (N-methyl/N-ethyl adjacent to an activating group) is 1. The lowest BCUT2D eigenvalue weighted by Crippen LogP contribution is -2.40. The van der Waals surface area contributed by atoms with Gasteiger partial charge in [0.15, 0.2) is 0 Å². The maximum Gasteiger partial charge on any atom is 0.130 e. The van der Waals surface area contributed by atoms with Crippen molar-refractivity contribution in [2.45, 2.75) is 92.5 Å². The van der Waals surface area contributed by atoms with E-state index in [0.717, 1.165) is 27.6 Å². The number of nitrogens with zero attached hydrogens (tertiary/aromatic N) is 3. The van der Waals surface area contributed by atoms with E-state index in [-0.39, 0.29) is 0 Å². The van der Waals surface area contributed by atoms with Gasteiger partial charge in [-0.25, -0.2) is 0 Å². The predicted octanol–water partition coefficient (Wildman–Crippen LogP) is 8.59. The molecule has 0 aromatic carbocycles. The third-order valence-electron chi connectivity index (χ3n) is 6.06. The van der Waals surface area contributed by atoms with Crippen LogP contribution < -0.4 is 5.32 Å². The van der Waals surface area contributed by atoms with Crippen LogP contribution in [-0.4, -0.2) is 22.8 Å². The highest BCUT2D eigenvalue weighted by Gasteiger charge is 2.24. The minimum Gasteiger partial charge on any atom is -0.344 e. The fourth-order valence-corrected chi connectivity index (χ4v) is 4.61. The van der Waals surface area contributed by atoms with Gasteiger partial charge in [-0.15, -0.1) is 0 Å². The van der Waals surface area contributed by atoms with Crippen LogP contribution in [0.15, 0.2) is 64.3 Å². The molecule has 0 saturated heterocycles. The summed E-state index contributed by atoms with van der Waals surface area (Å²) < 4.78 is 0.937. The van der Waals surface area contributed by atoms with Crippen molar-refractivity contribution in [1.29, 1.82) is 0 Å². The third-order valence-corrected chi connectivity index (χ3v) is 6.75. The SMILES string of the molecule is C=C/C(Br)=C1/NC(C(CCC)CCC)=CC(=NCc2cccnc2)N1C.CCCC(C)CCC. The largest absolute Gasteiger partial charge is 0.344 e. The molecule has 0 atom stereocenters. The molecule has 190 valence electrons. The number of aliphatic imine (C=N–C) groups is 1. The Balaban J connectivity index is 0.000000620. The molecule has 0 amide bonds. The molecule has 0 bridgehead atoms. The van der Waals surface area contributed by atoms with E-state index in [1.54, 1.807) is 6.20 Å². The van der Waals surface area contributed by atoms with Crippen LogP contribution >= 0.6 is 15.9 Å².